The fourth-order valence-corrected chi connectivity index (χ4v) is 4.59. The average molecular weight is 384 g/mol. The van der Waals surface area contributed by atoms with Crippen LogP contribution in [0.5, 0.6) is 0 Å². The molecule has 2 aromatic carbocycles. The predicted octanol–water partition coefficient (Wildman–Crippen LogP) is 2.70. The first kappa shape index (κ1) is 17.4. The lowest BCUT2D eigenvalue weighted by Gasteiger charge is -2.33. The number of aryl methyl sites for hydroxylation is 1. The molecule has 0 radical (unpaired) electrons. The molecule has 2 N–H and O–H groups in total. The van der Waals surface area contributed by atoms with Crippen LogP contribution in [-0.4, -0.2) is 41.2 Å². The number of benzene rings is 2. The van der Waals surface area contributed by atoms with Crippen LogP contribution in [0.2, 0.25) is 0 Å². The van der Waals surface area contributed by atoms with Crippen LogP contribution < -0.4 is 10.2 Å². The number of nitrogens with one attached hydrogen (secondary N) is 2. The Morgan fingerprint density at radius 1 is 1.15 bits per heavy atom. The van der Waals surface area contributed by atoms with Crippen molar-refractivity contribution in [3.63, 3.8) is 0 Å². The van der Waals surface area contributed by atoms with E-state index < -0.39 is 0 Å². The molecule has 0 bridgehead atoms. The second-order valence-corrected chi connectivity index (χ2v) is 8.29. The minimum atomic E-state index is 0.827. The van der Waals surface area contributed by atoms with Crippen molar-refractivity contribution < 1.29 is 4.90 Å². The van der Waals surface area contributed by atoms with Gasteiger partial charge in [0.2, 0.25) is 0 Å². The molecule has 0 aliphatic carbocycles. The van der Waals surface area contributed by atoms with Gasteiger partial charge in [-0.05, 0) is 43.4 Å². The number of anilines is 1. The highest BCUT2D eigenvalue weighted by atomic mass is 32.1. The molecular formula is C20H23N4S2+. The maximum atomic E-state index is 5.60. The molecule has 0 saturated carbocycles. The number of thiazole rings is 1. The maximum Gasteiger partial charge on any atom is 0.173 e. The van der Waals surface area contributed by atoms with E-state index in [1.54, 1.807) is 4.90 Å². The quantitative estimate of drug-likeness (QED) is 0.682. The van der Waals surface area contributed by atoms with E-state index in [-0.39, 0.29) is 0 Å². The number of hydrogen-bond donors (Lipinski definition) is 2. The van der Waals surface area contributed by atoms with Gasteiger partial charge in [0, 0.05) is 5.69 Å². The van der Waals surface area contributed by atoms with E-state index in [1.807, 2.05) is 11.3 Å². The number of para-hydroxylation sites is 1. The lowest BCUT2D eigenvalue weighted by atomic mass is 10.2. The topological polar surface area (TPSA) is 32.6 Å². The van der Waals surface area contributed by atoms with E-state index in [0.29, 0.717) is 0 Å². The van der Waals surface area contributed by atoms with Gasteiger partial charge in [0.25, 0.3) is 0 Å². The van der Waals surface area contributed by atoms with E-state index in [0.717, 1.165) is 49.0 Å². The number of rotatable bonds is 3. The normalized spacial score (nSPS) is 15.3. The van der Waals surface area contributed by atoms with Gasteiger partial charge in [-0.1, -0.05) is 29.8 Å². The zero-order valence-electron chi connectivity index (χ0n) is 14.9. The van der Waals surface area contributed by atoms with Crippen LogP contribution in [0.3, 0.4) is 0 Å². The third-order valence-electron chi connectivity index (χ3n) is 4.80. The van der Waals surface area contributed by atoms with Gasteiger partial charge < -0.3 is 15.1 Å². The van der Waals surface area contributed by atoms with Crippen LogP contribution in [0.4, 0.5) is 5.69 Å². The Morgan fingerprint density at radius 2 is 1.88 bits per heavy atom. The Kier molecular flexibility index (Phi) is 5.15. The van der Waals surface area contributed by atoms with Gasteiger partial charge in [-0.25, -0.2) is 4.98 Å². The van der Waals surface area contributed by atoms with Crippen LogP contribution in [0.1, 0.15) is 10.6 Å². The number of aromatic nitrogens is 1. The number of fused-ring (bicyclic) bond motifs is 1. The molecule has 0 spiro atoms. The van der Waals surface area contributed by atoms with E-state index in [2.05, 4.69) is 65.7 Å². The minimum absolute atomic E-state index is 0.827. The maximum absolute atomic E-state index is 5.60. The van der Waals surface area contributed by atoms with Crippen molar-refractivity contribution in [3.8, 4) is 0 Å². The summed E-state index contributed by atoms with van der Waals surface area (Å²) >= 11 is 7.41. The Hall–Kier alpha value is -2.02. The van der Waals surface area contributed by atoms with Crippen LogP contribution in [-0.2, 0) is 6.54 Å². The summed E-state index contributed by atoms with van der Waals surface area (Å²) in [5, 5.41) is 5.42. The number of thiocarbonyl (C=S) groups is 1. The van der Waals surface area contributed by atoms with Crippen molar-refractivity contribution >= 4 is 44.6 Å². The molecule has 26 heavy (non-hydrogen) atoms. The molecule has 6 heteroatoms. The first-order valence-electron chi connectivity index (χ1n) is 8.98. The molecule has 3 aromatic rings. The SMILES string of the molecule is Cc1ccc(NC(=S)N2CC[NH+](Cc3nc4ccccc4s3)CC2)cc1. The van der Waals surface area contributed by atoms with E-state index in [4.69, 9.17) is 17.2 Å². The molecular weight excluding hydrogens is 360 g/mol. The summed E-state index contributed by atoms with van der Waals surface area (Å²) in [4.78, 5) is 8.63. The summed E-state index contributed by atoms with van der Waals surface area (Å²) in [5.41, 5.74) is 3.44. The minimum Gasteiger partial charge on any atom is -0.338 e. The van der Waals surface area contributed by atoms with Gasteiger partial charge in [0.1, 0.15) is 11.6 Å². The molecule has 1 aliphatic rings. The molecule has 0 atom stereocenters. The molecule has 134 valence electrons. The lowest BCUT2D eigenvalue weighted by molar-refractivity contribution is -0.917. The Morgan fingerprint density at radius 3 is 2.62 bits per heavy atom. The van der Waals surface area contributed by atoms with Crippen molar-refractivity contribution in [3.05, 3.63) is 59.1 Å². The Balaban J connectivity index is 1.30. The first-order chi connectivity index (χ1) is 12.7. The molecule has 0 unspecified atom stereocenters. The zero-order valence-corrected chi connectivity index (χ0v) is 16.5. The molecule has 2 heterocycles. The number of hydrogen-bond acceptors (Lipinski definition) is 3. The highest BCUT2D eigenvalue weighted by Crippen LogP contribution is 2.20. The molecule has 4 nitrogen and oxygen atoms in total. The smallest absolute Gasteiger partial charge is 0.173 e. The largest absolute Gasteiger partial charge is 0.338 e. The van der Waals surface area contributed by atoms with E-state index in [1.165, 1.54) is 15.3 Å². The van der Waals surface area contributed by atoms with Gasteiger partial charge in [-0.15, -0.1) is 11.3 Å². The summed E-state index contributed by atoms with van der Waals surface area (Å²) in [5.74, 6) is 0. The lowest BCUT2D eigenvalue weighted by Crippen LogP contribution is -3.13. The van der Waals surface area contributed by atoms with Crippen LogP contribution in [0.15, 0.2) is 48.5 Å². The van der Waals surface area contributed by atoms with E-state index >= 15 is 0 Å². The van der Waals surface area contributed by atoms with Crippen LogP contribution in [0.25, 0.3) is 10.2 Å². The van der Waals surface area contributed by atoms with Crippen molar-refractivity contribution in [1.82, 2.24) is 9.88 Å². The second-order valence-electron chi connectivity index (χ2n) is 6.79. The summed E-state index contributed by atoms with van der Waals surface area (Å²) in [7, 11) is 0. The fraction of sp³-hybridized carbons (Fsp3) is 0.300. The van der Waals surface area contributed by atoms with Gasteiger partial charge in [0.05, 0.1) is 36.4 Å². The molecule has 1 saturated heterocycles. The number of quaternary nitrogens is 1. The molecule has 0 amide bonds. The zero-order chi connectivity index (χ0) is 17.9. The standard InChI is InChI=1S/C20H22N4S2/c1-15-6-8-16(9-7-15)21-20(25)24-12-10-23(11-13-24)14-19-22-17-4-2-3-5-18(17)26-19/h2-9H,10-14H2,1H3,(H,21,25)/p+1. The molecule has 1 aromatic heterocycles. The number of nitrogens with zero attached hydrogens (tertiary/aromatic N) is 2. The third kappa shape index (κ3) is 4.03. The van der Waals surface area contributed by atoms with Crippen molar-refractivity contribution in [2.45, 2.75) is 13.5 Å². The van der Waals surface area contributed by atoms with E-state index in [9.17, 15) is 0 Å². The van der Waals surface area contributed by atoms with Crippen molar-refractivity contribution in [2.75, 3.05) is 31.5 Å². The summed E-state index contributed by atoms with van der Waals surface area (Å²) in [6, 6.07) is 16.7. The van der Waals surface area contributed by atoms with Gasteiger partial charge >= 0.3 is 0 Å². The first-order valence-corrected chi connectivity index (χ1v) is 10.2. The van der Waals surface area contributed by atoms with Crippen molar-refractivity contribution in [1.29, 1.82) is 0 Å². The fourth-order valence-electron chi connectivity index (χ4n) is 3.25. The summed E-state index contributed by atoms with van der Waals surface area (Å²) < 4.78 is 1.28. The Bertz CT molecular complexity index is 863. The van der Waals surface area contributed by atoms with Crippen LogP contribution >= 0.6 is 23.6 Å². The highest BCUT2D eigenvalue weighted by molar-refractivity contribution is 7.80. The van der Waals surface area contributed by atoms with Crippen molar-refractivity contribution in [2.24, 2.45) is 0 Å². The molecule has 1 fully saturated rings. The predicted molar refractivity (Wildman–Crippen MR) is 113 cm³/mol. The average Bonchev–Trinajstić information content (AvgIpc) is 3.06. The third-order valence-corrected chi connectivity index (χ3v) is 6.20. The van der Waals surface area contributed by atoms with Gasteiger partial charge in [-0.2, -0.15) is 0 Å². The summed E-state index contributed by atoms with van der Waals surface area (Å²) in [6.07, 6.45) is 0. The number of piperazine rings is 1. The Labute approximate surface area is 163 Å². The van der Waals surface area contributed by atoms with Gasteiger partial charge in [0.15, 0.2) is 5.11 Å². The van der Waals surface area contributed by atoms with Gasteiger partial charge in [-0.3, -0.25) is 0 Å². The molecule has 4 rings (SSSR count). The highest BCUT2D eigenvalue weighted by Gasteiger charge is 2.23. The van der Waals surface area contributed by atoms with Crippen LogP contribution in [0, 0.1) is 6.92 Å². The summed E-state index contributed by atoms with van der Waals surface area (Å²) in [6.45, 7) is 7.24. The second kappa shape index (κ2) is 7.70. The monoisotopic (exact) mass is 383 g/mol. The molecule has 1 aliphatic heterocycles.